The van der Waals surface area contributed by atoms with Crippen LogP contribution in [0.2, 0.25) is 0 Å². The van der Waals surface area contributed by atoms with E-state index in [2.05, 4.69) is 26.9 Å². The molecule has 3 N–H and O–H groups in total. The number of hydrogen-bond donors (Lipinski definition) is 3. The van der Waals surface area contributed by atoms with Crippen molar-refractivity contribution in [2.24, 2.45) is 11.8 Å². The Balaban J connectivity index is 1.23. The molecule has 2 amide bonds. The number of sulfonamides is 1. The number of carbonyl (C=O) groups is 2. The molecular weight excluding hydrogens is 484 g/mol. The largest absolute Gasteiger partial charge is 0.497 e. The molecule has 2 heterocycles. The van der Waals surface area contributed by atoms with Crippen LogP contribution >= 0.6 is 0 Å². The number of fused-ring (bicyclic) bond motifs is 1. The number of nitrogens with one attached hydrogen (secondary N) is 3. The van der Waals surface area contributed by atoms with Gasteiger partial charge in [0.25, 0.3) is 5.91 Å². The topological polar surface area (TPSA) is 136 Å². The highest BCUT2D eigenvalue weighted by atomic mass is 32.2. The number of ether oxygens (including phenoxy) is 2. The van der Waals surface area contributed by atoms with Gasteiger partial charge in [0, 0.05) is 30.5 Å². The number of pyridine rings is 1. The SMILES string of the molecule is C=CC1C[C@]1(NC(=O)[C@@H]1C[C@@H](Oc2nccc3cc(OC)ccc23)CN1)C(=O)NS(=O)(=O)C1C[C@@H]1C. The fraction of sp³-hybridized carbons (Fsp3) is 0.480. The molecule has 0 spiro atoms. The number of rotatable bonds is 9. The predicted molar refractivity (Wildman–Crippen MR) is 133 cm³/mol. The lowest BCUT2D eigenvalue weighted by molar-refractivity contribution is -0.130. The molecule has 3 aliphatic rings. The molecule has 1 aliphatic heterocycles. The molecule has 2 aliphatic carbocycles. The van der Waals surface area contributed by atoms with Crippen molar-refractivity contribution in [1.82, 2.24) is 20.3 Å². The smallest absolute Gasteiger partial charge is 0.259 e. The average Bonchev–Trinajstić information content (AvgIpc) is 3.72. The third-order valence-electron chi connectivity index (χ3n) is 7.34. The molecular formula is C25H30N4O6S. The first-order valence-electron chi connectivity index (χ1n) is 12.0. The molecule has 2 unspecified atom stereocenters. The summed E-state index contributed by atoms with van der Waals surface area (Å²) < 4.78 is 38.5. The summed E-state index contributed by atoms with van der Waals surface area (Å²) in [7, 11) is -2.16. The molecule has 3 fully saturated rings. The van der Waals surface area contributed by atoms with Crippen LogP contribution in [0.25, 0.3) is 10.8 Å². The second-order valence-electron chi connectivity index (χ2n) is 9.87. The van der Waals surface area contributed by atoms with Crippen molar-refractivity contribution in [3.8, 4) is 11.6 Å². The van der Waals surface area contributed by atoms with Crippen LogP contribution in [0, 0.1) is 11.8 Å². The zero-order chi connectivity index (χ0) is 25.7. The fourth-order valence-electron chi connectivity index (χ4n) is 4.86. The molecule has 36 heavy (non-hydrogen) atoms. The van der Waals surface area contributed by atoms with Crippen LogP contribution < -0.4 is 24.8 Å². The second-order valence-corrected chi connectivity index (χ2v) is 11.8. The van der Waals surface area contributed by atoms with Crippen molar-refractivity contribution in [2.45, 2.75) is 49.1 Å². The first kappa shape index (κ1) is 24.5. The van der Waals surface area contributed by atoms with Gasteiger partial charge in [0.15, 0.2) is 0 Å². The lowest BCUT2D eigenvalue weighted by Gasteiger charge is -2.21. The summed E-state index contributed by atoms with van der Waals surface area (Å²) >= 11 is 0. The zero-order valence-corrected chi connectivity index (χ0v) is 21.0. The third kappa shape index (κ3) is 4.53. The maximum absolute atomic E-state index is 13.1. The van der Waals surface area contributed by atoms with Crippen molar-refractivity contribution in [3.63, 3.8) is 0 Å². The van der Waals surface area contributed by atoms with Gasteiger partial charge in [-0.15, -0.1) is 6.58 Å². The van der Waals surface area contributed by atoms with Crippen molar-refractivity contribution in [1.29, 1.82) is 0 Å². The summed E-state index contributed by atoms with van der Waals surface area (Å²) in [5, 5.41) is 7.13. The summed E-state index contributed by atoms with van der Waals surface area (Å²) in [6, 6.07) is 6.88. The van der Waals surface area contributed by atoms with Crippen molar-refractivity contribution in [3.05, 3.63) is 43.1 Å². The maximum Gasteiger partial charge on any atom is 0.259 e. The van der Waals surface area contributed by atoms with Gasteiger partial charge in [-0.3, -0.25) is 14.3 Å². The fourth-order valence-corrected chi connectivity index (χ4v) is 6.62. The number of aromatic nitrogens is 1. The van der Waals surface area contributed by atoms with Gasteiger partial charge in [-0.25, -0.2) is 13.4 Å². The van der Waals surface area contributed by atoms with Gasteiger partial charge in [0.2, 0.25) is 21.8 Å². The zero-order valence-electron chi connectivity index (χ0n) is 20.2. The van der Waals surface area contributed by atoms with E-state index in [-0.39, 0.29) is 23.8 Å². The Morgan fingerprint density at radius 1 is 1.28 bits per heavy atom. The summed E-state index contributed by atoms with van der Waals surface area (Å²) in [4.78, 5) is 30.4. The predicted octanol–water partition coefficient (Wildman–Crippen LogP) is 1.27. The lowest BCUT2D eigenvalue weighted by atomic mass is 10.1. The Bertz CT molecular complexity index is 1330. The molecule has 1 aromatic heterocycles. The Labute approximate surface area is 209 Å². The Kier molecular flexibility index (Phi) is 6.16. The van der Waals surface area contributed by atoms with Gasteiger partial charge >= 0.3 is 0 Å². The van der Waals surface area contributed by atoms with Crippen LogP contribution in [0.5, 0.6) is 11.6 Å². The monoisotopic (exact) mass is 514 g/mol. The van der Waals surface area contributed by atoms with Crippen molar-refractivity contribution >= 4 is 32.6 Å². The highest BCUT2D eigenvalue weighted by Gasteiger charge is 2.61. The molecule has 5 rings (SSSR count). The lowest BCUT2D eigenvalue weighted by Crippen LogP contribution is -2.55. The first-order valence-corrected chi connectivity index (χ1v) is 13.5. The minimum Gasteiger partial charge on any atom is -0.497 e. The number of methoxy groups -OCH3 is 1. The van der Waals surface area contributed by atoms with E-state index in [0.29, 0.717) is 31.7 Å². The van der Waals surface area contributed by atoms with Crippen LogP contribution in [-0.4, -0.2) is 61.8 Å². The molecule has 2 aromatic rings. The summed E-state index contributed by atoms with van der Waals surface area (Å²) in [6.45, 7) is 5.97. The summed E-state index contributed by atoms with van der Waals surface area (Å²) in [5.74, 6) is -0.206. The Hall–Kier alpha value is -3.18. The van der Waals surface area contributed by atoms with Crippen LogP contribution in [-0.2, 0) is 19.6 Å². The van der Waals surface area contributed by atoms with Gasteiger partial charge in [0.1, 0.15) is 17.4 Å². The van der Waals surface area contributed by atoms with E-state index in [1.54, 1.807) is 19.4 Å². The van der Waals surface area contributed by atoms with E-state index in [0.717, 1.165) is 16.5 Å². The second kappa shape index (κ2) is 9.04. The van der Waals surface area contributed by atoms with E-state index >= 15 is 0 Å². The van der Waals surface area contributed by atoms with E-state index in [9.17, 15) is 18.0 Å². The van der Waals surface area contributed by atoms with Crippen LogP contribution in [0.15, 0.2) is 43.1 Å². The van der Waals surface area contributed by atoms with Crippen LogP contribution in [0.1, 0.15) is 26.2 Å². The number of amides is 2. The van der Waals surface area contributed by atoms with E-state index in [1.807, 2.05) is 31.2 Å². The standard InChI is InChI=1S/C25H30N4O6S/c1-4-16-12-25(16,24(31)29-36(32,33)21-9-14(21)2)28-22(30)20-11-18(13-27-20)35-23-19-6-5-17(34-3)10-15(19)7-8-26-23/h4-8,10,14,16,18,20-21,27H,1,9,11-13H2,2-3H3,(H,28,30)(H,29,31)/t14-,16?,18+,20-,21?,25+/m0/s1. The third-order valence-corrected chi connectivity index (χ3v) is 9.26. The first-order chi connectivity index (χ1) is 17.2. The number of hydrogen-bond acceptors (Lipinski definition) is 8. The minimum atomic E-state index is -3.77. The number of benzene rings is 1. The summed E-state index contributed by atoms with van der Waals surface area (Å²) in [5.41, 5.74) is -1.30. The van der Waals surface area contributed by atoms with E-state index < -0.39 is 32.8 Å². The quantitative estimate of drug-likeness (QED) is 0.426. The van der Waals surface area contributed by atoms with Crippen LogP contribution in [0.4, 0.5) is 0 Å². The van der Waals surface area contributed by atoms with Gasteiger partial charge in [0.05, 0.1) is 18.4 Å². The Morgan fingerprint density at radius 2 is 2.06 bits per heavy atom. The van der Waals surface area contributed by atoms with Crippen LogP contribution in [0.3, 0.4) is 0 Å². The summed E-state index contributed by atoms with van der Waals surface area (Å²) in [6.07, 6.45) is 4.12. The Morgan fingerprint density at radius 3 is 2.72 bits per heavy atom. The van der Waals surface area contributed by atoms with Gasteiger partial charge in [-0.1, -0.05) is 13.0 Å². The highest BCUT2D eigenvalue weighted by molar-refractivity contribution is 7.91. The minimum absolute atomic E-state index is 0.0214. The van der Waals surface area contributed by atoms with Crippen molar-refractivity contribution in [2.75, 3.05) is 13.7 Å². The van der Waals surface area contributed by atoms with E-state index in [4.69, 9.17) is 9.47 Å². The highest BCUT2D eigenvalue weighted by Crippen LogP contribution is 2.45. The molecule has 192 valence electrons. The normalized spacial score (nSPS) is 30.9. The molecule has 0 bridgehead atoms. The van der Waals surface area contributed by atoms with Crippen molar-refractivity contribution < 1.29 is 27.5 Å². The van der Waals surface area contributed by atoms with Gasteiger partial charge in [-0.2, -0.15) is 0 Å². The van der Waals surface area contributed by atoms with Gasteiger partial charge in [-0.05, 0) is 48.4 Å². The molecule has 6 atom stereocenters. The molecule has 11 heteroatoms. The molecule has 1 aromatic carbocycles. The number of carbonyl (C=O) groups excluding carboxylic acids is 2. The number of nitrogens with zero attached hydrogens (tertiary/aromatic N) is 1. The molecule has 10 nitrogen and oxygen atoms in total. The molecule has 2 saturated carbocycles. The molecule has 0 radical (unpaired) electrons. The maximum atomic E-state index is 13.1. The van der Waals surface area contributed by atoms with E-state index in [1.165, 1.54) is 0 Å². The van der Waals surface area contributed by atoms with Gasteiger partial charge < -0.3 is 20.1 Å². The average molecular weight is 515 g/mol. The molecule has 1 saturated heterocycles.